The van der Waals surface area contributed by atoms with Gasteiger partial charge in [-0.25, -0.2) is 14.3 Å². The van der Waals surface area contributed by atoms with Gasteiger partial charge in [0.05, 0.1) is 31.2 Å². The van der Waals surface area contributed by atoms with Crippen LogP contribution < -0.4 is 16.9 Å². The van der Waals surface area contributed by atoms with Crippen LogP contribution in [0, 0.1) is 6.92 Å². The van der Waals surface area contributed by atoms with Crippen LogP contribution in [0.5, 0.6) is 0 Å². The Morgan fingerprint density at radius 1 is 1.32 bits per heavy atom. The molecule has 3 heterocycles. The lowest BCUT2D eigenvalue weighted by molar-refractivity contribution is 0.0725. The third-order valence-corrected chi connectivity index (χ3v) is 6.23. The summed E-state index contributed by atoms with van der Waals surface area (Å²) in [7, 11) is 0. The summed E-state index contributed by atoms with van der Waals surface area (Å²) in [5.74, 6) is 0. The molecule has 0 aliphatic heterocycles. The summed E-state index contributed by atoms with van der Waals surface area (Å²) in [5, 5.41) is 4.55. The van der Waals surface area contributed by atoms with Crippen LogP contribution >= 0.6 is 11.3 Å². The number of nitrogens with zero attached hydrogens (tertiary/aromatic N) is 4. The molecule has 3 aromatic rings. The topological polar surface area (TPSA) is 104 Å². The van der Waals surface area contributed by atoms with Gasteiger partial charge in [0.1, 0.15) is 11.2 Å². The van der Waals surface area contributed by atoms with Crippen LogP contribution in [0.2, 0.25) is 0 Å². The Bertz CT molecular complexity index is 1190. The summed E-state index contributed by atoms with van der Waals surface area (Å²) in [6, 6.07) is -0.0154. The van der Waals surface area contributed by atoms with Crippen LogP contribution in [0.25, 0.3) is 10.2 Å². The van der Waals surface area contributed by atoms with E-state index < -0.39 is 0 Å². The third kappa shape index (κ3) is 3.26. The number of thiophene rings is 1. The van der Waals surface area contributed by atoms with Gasteiger partial charge < -0.3 is 4.74 Å². The predicted molar refractivity (Wildman–Crippen MR) is 106 cm³/mol. The minimum absolute atomic E-state index is 0.0154. The molecule has 10 heteroatoms. The molecule has 9 nitrogen and oxygen atoms in total. The number of fused-ring (bicyclic) bond motifs is 1. The Morgan fingerprint density at radius 3 is 2.68 bits per heavy atom. The average molecular weight is 405 g/mol. The Hall–Kier alpha value is -2.46. The number of aromatic amines is 1. The molecule has 150 valence electrons. The summed E-state index contributed by atoms with van der Waals surface area (Å²) in [4.78, 5) is 42.0. The van der Waals surface area contributed by atoms with Gasteiger partial charge in [0, 0.05) is 10.9 Å². The summed E-state index contributed by atoms with van der Waals surface area (Å²) >= 11 is 1.37. The van der Waals surface area contributed by atoms with Gasteiger partial charge in [-0.2, -0.15) is 5.10 Å². The number of hydrogen-bond donors (Lipinski definition) is 1. The molecular weight excluding hydrogens is 382 g/mol. The van der Waals surface area contributed by atoms with E-state index in [0.717, 1.165) is 23.3 Å². The van der Waals surface area contributed by atoms with E-state index in [0.29, 0.717) is 23.4 Å². The quantitative estimate of drug-likeness (QED) is 0.637. The Kier molecular flexibility index (Phi) is 4.84. The minimum Gasteiger partial charge on any atom is -0.377 e. The van der Waals surface area contributed by atoms with Crippen molar-refractivity contribution in [3.05, 3.63) is 48.1 Å². The fourth-order valence-corrected chi connectivity index (χ4v) is 4.62. The first-order valence-electron chi connectivity index (χ1n) is 9.38. The first kappa shape index (κ1) is 18.9. The zero-order valence-corrected chi connectivity index (χ0v) is 16.9. The molecule has 3 aromatic heterocycles. The van der Waals surface area contributed by atoms with E-state index in [1.807, 2.05) is 20.8 Å². The van der Waals surface area contributed by atoms with Crippen molar-refractivity contribution >= 4 is 21.6 Å². The maximum atomic E-state index is 13.1. The van der Waals surface area contributed by atoms with Crippen molar-refractivity contribution in [2.24, 2.45) is 0 Å². The third-order valence-electron chi connectivity index (χ3n) is 4.93. The lowest BCUT2D eigenvalue weighted by atomic mass is 10.2. The van der Waals surface area contributed by atoms with Crippen LogP contribution in [0.3, 0.4) is 0 Å². The largest absolute Gasteiger partial charge is 0.377 e. The molecule has 0 unspecified atom stereocenters. The van der Waals surface area contributed by atoms with Crippen molar-refractivity contribution in [2.45, 2.75) is 58.8 Å². The Labute approximate surface area is 164 Å². The molecule has 0 spiro atoms. The molecule has 1 saturated carbocycles. The fraction of sp³-hybridized carbons (Fsp3) is 0.556. The number of aryl methyl sites for hydroxylation is 1. The van der Waals surface area contributed by atoms with Gasteiger partial charge in [0.25, 0.3) is 5.56 Å². The predicted octanol–water partition coefficient (Wildman–Crippen LogP) is 1.23. The molecule has 0 aromatic carbocycles. The van der Waals surface area contributed by atoms with Crippen molar-refractivity contribution in [1.29, 1.82) is 0 Å². The van der Waals surface area contributed by atoms with Crippen molar-refractivity contribution < 1.29 is 4.74 Å². The second kappa shape index (κ2) is 7.17. The van der Waals surface area contributed by atoms with E-state index in [1.165, 1.54) is 26.9 Å². The van der Waals surface area contributed by atoms with Gasteiger partial charge in [0.2, 0.25) is 0 Å². The van der Waals surface area contributed by atoms with Crippen LogP contribution in [-0.2, 0) is 17.8 Å². The van der Waals surface area contributed by atoms with Gasteiger partial charge >= 0.3 is 11.4 Å². The number of ether oxygens (including phenoxy) is 1. The molecule has 0 bridgehead atoms. The van der Waals surface area contributed by atoms with E-state index in [2.05, 4.69) is 10.1 Å². The standard InChI is InChI=1S/C18H23N5O4S/c1-10(2)27-7-6-21-16-14(15(24)23(18(21)26)12-4-5-12)11(3)13(28-16)8-22-17(25)19-9-20-22/h9-10,12H,4-8H2,1-3H3,(H,19,20,25). The van der Waals surface area contributed by atoms with E-state index >= 15 is 0 Å². The molecule has 4 rings (SSSR count). The molecule has 0 atom stereocenters. The summed E-state index contributed by atoms with van der Waals surface area (Å²) < 4.78 is 9.97. The first-order chi connectivity index (χ1) is 13.4. The molecule has 1 N–H and O–H groups in total. The molecule has 0 saturated heterocycles. The first-order valence-corrected chi connectivity index (χ1v) is 10.2. The van der Waals surface area contributed by atoms with Gasteiger partial charge in [0.15, 0.2) is 0 Å². The lowest BCUT2D eigenvalue weighted by Gasteiger charge is -2.13. The fourth-order valence-electron chi connectivity index (χ4n) is 3.32. The SMILES string of the molecule is Cc1c(Cn2nc[nH]c2=O)sc2c1c(=O)n(C1CC1)c(=O)n2CCOC(C)C. The molecule has 1 fully saturated rings. The highest BCUT2D eigenvalue weighted by molar-refractivity contribution is 7.18. The molecule has 0 radical (unpaired) electrons. The average Bonchev–Trinajstić information content (AvgIpc) is 3.30. The van der Waals surface area contributed by atoms with E-state index in [9.17, 15) is 14.4 Å². The second-order valence-electron chi connectivity index (χ2n) is 7.34. The maximum Gasteiger partial charge on any atom is 0.343 e. The molecule has 0 amide bonds. The van der Waals surface area contributed by atoms with E-state index in [1.54, 1.807) is 4.57 Å². The number of H-pyrrole nitrogens is 1. The van der Waals surface area contributed by atoms with Gasteiger partial charge in [-0.1, -0.05) is 0 Å². The molecular formula is C18H23N5O4S. The van der Waals surface area contributed by atoms with Gasteiger partial charge in [-0.05, 0) is 39.2 Å². The van der Waals surface area contributed by atoms with E-state index in [-0.39, 0.29) is 35.6 Å². The summed E-state index contributed by atoms with van der Waals surface area (Å²) in [5.41, 5.74) is -0.0298. The van der Waals surface area contributed by atoms with Crippen molar-refractivity contribution in [1.82, 2.24) is 23.9 Å². The number of hydrogen-bond acceptors (Lipinski definition) is 6. The summed E-state index contributed by atoms with van der Waals surface area (Å²) in [6.07, 6.45) is 3.10. The van der Waals surface area contributed by atoms with Crippen LogP contribution in [0.4, 0.5) is 0 Å². The highest BCUT2D eigenvalue weighted by Crippen LogP contribution is 2.34. The van der Waals surface area contributed by atoms with Crippen molar-refractivity contribution in [3.8, 4) is 0 Å². The molecule has 1 aliphatic carbocycles. The van der Waals surface area contributed by atoms with Crippen LogP contribution in [-0.4, -0.2) is 36.6 Å². The zero-order chi connectivity index (χ0) is 20.0. The number of aromatic nitrogens is 5. The maximum absolute atomic E-state index is 13.1. The van der Waals surface area contributed by atoms with Crippen molar-refractivity contribution in [3.63, 3.8) is 0 Å². The number of rotatable bonds is 7. The zero-order valence-electron chi connectivity index (χ0n) is 16.1. The second-order valence-corrected chi connectivity index (χ2v) is 8.43. The monoisotopic (exact) mass is 405 g/mol. The number of nitrogens with one attached hydrogen (secondary N) is 1. The smallest absolute Gasteiger partial charge is 0.343 e. The van der Waals surface area contributed by atoms with Crippen LogP contribution in [0.1, 0.15) is 43.2 Å². The normalized spacial score (nSPS) is 14.4. The van der Waals surface area contributed by atoms with Gasteiger partial charge in [-0.3, -0.25) is 18.9 Å². The van der Waals surface area contributed by atoms with Crippen LogP contribution in [0.15, 0.2) is 20.7 Å². The van der Waals surface area contributed by atoms with E-state index in [4.69, 9.17) is 4.74 Å². The highest BCUT2D eigenvalue weighted by atomic mass is 32.1. The molecule has 1 aliphatic rings. The van der Waals surface area contributed by atoms with Crippen molar-refractivity contribution in [2.75, 3.05) is 6.61 Å². The minimum atomic E-state index is -0.310. The highest BCUT2D eigenvalue weighted by Gasteiger charge is 2.30. The summed E-state index contributed by atoms with van der Waals surface area (Å²) in [6.45, 7) is 6.77. The Balaban J connectivity index is 1.87. The lowest BCUT2D eigenvalue weighted by Crippen LogP contribution is -2.40. The Morgan fingerprint density at radius 2 is 2.07 bits per heavy atom. The van der Waals surface area contributed by atoms with Gasteiger partial charge in [-0.15, -0.1) is 11.3 Å². The molecule has 28 heavy (non-hydrogen) atoms.